The van der Waals surface area contributed by atoms with E-state index < -0.39 is 0 Å². The van der Waals surface area contributed by atoms with Crippen LogP contribution < -0.4 is 10.1 Å². The molecule has 3 rings (SSSR count). The van der Waals surface area contributed by atoms with Crippen LogP contribution >= 0.6 is 0 Å². The second kappa shape index (κ2) is 7.24. The van der Waals surface area contributed by atoms with Gasteiger partial charge in [-0.05, 0) is 47.6 Å². The number of aryl methyl sites for hydroxylation is 2. The quantitative estimate of drug-likeness (QED) is 0.638. The van der Waals surface area contributed by atoms with Gasteiger partial charge in [0.1, 0.15) is 5.75 Å². The van der Waals surface area contributed by atoms with E-state index in [1.165, 1.54) is 11.1 Å². The number of hydrogen-bond acceptors (Lipinski definition) is 4. The van der Waals surface area contributed by atoms with Crippen LogP contribution in [0.15, 0.2) is 24.3 Å². The predicted octanol–water partition coefficient (Wildman–Crippen LogP) is 4.31. The number of nitrogens with zero attached hydrogens (tertiary/aromatic N) is 3. The van der Waals surface area contributed by atoms with Gasteiger partial charge in [-0.15, -0.1) is 10.2 Å². The van der Waals surface area contributed by atoms with Gasteiger partial charge in [-0.25, -0.2) is 4.52 Å². The summed E-state index contributed by atoms with van der Waals surface area (Å²) in [7, 11) is 0. The van der Waals surface area contributed by atoms with Crippen LogP contribution in [-0.4, -0.2) is 31.5 Å². The predicted molar refractivity (Wildman–Crippen MR) is 113 cm³/mol. The lowest BCUT2D eigenvalue weighted by Crippen LogP contribution is -2.54. The summed E-state index contributed by atoms with van der Waals surface area (Å²) in [5.41, 5.74) is 3.80. The van der Waals surface area contributed by atoms with Crippen LogP contribution in [0, 0.1) is 13.8 Å². The zero-order valence-corrected chi connectivity index (χ0v) is 18.3. The number of H-pyrrole nitrogens is 1. The molecule has 1 aromatic carbocycles. The Balaban J connectivity index is 1.86. The highest BCUT2D eigenvalue weighted by atomic mass is 16.5. The summed E-state index contributed by atoms with van der Waals surface area (Å²) in [5.74, 6) is 1.85. The van der Waals surface area contributed by atoms with Gasteiger partial charge in [0.25, 0.3) is 0 Å². The van der Waals surface area contributed by atoms with E-state index in [-0.39, 0.29) is 17.1 Å². The van der Waals surface area contributed by atoms with Crippen molar-refractivity contribution in [2.45, 2.75) is 79.0 Å². The molecule has 28 heavy (non-hydrogen) atoms. The number of nitrogens with one attached hydrogen (secondary N) is 2. The van der Waals surface area contributed by atoms with E-state index in [1.54, 1.807) is 0 Å². The second-order valence-electron chi connectivity index (χ2n) is 9.04. The summed E-state index contributed by atoms with van der Waals surface area (Å²) in [5, 5.41) is 15.9. The monoisotopic (exact) mass is 383 g/mol. The number of ether oxygens (including phenoxy) is 1. The highest BCUT2D eigenvalue weighted by molar-refractivity contribution is 5.40. The first kappa shape index (κ1) is 20.4. The number of rotatable bonds is 7. The molecule has 2 N–H and O–H groups in total. The molecule has 6 nitrogen and oxygen atoms in total. The van der Waals surface area contributed by atoms with Gasteiger partial charge in [-0.1, -0.05) is 31.5 Å². The summed E-state index contributed by atoms with van der Waals surface area (Å²) >= 11 is 0. The average molecular weight is 384 g/mol. The first-order valence-electron chi connectivity index (χ1n) is 9.94. The Bertz CT molecular complexity index is 965. The summed E-state index contributed by atoms with van der Waals surface area (Å²) in [6.45, 7) is 17.8. The smallest absolute Gasteiger partial charge is 0.177 e. The molecule has 0 aliphatic heterocycles. The third kappa shape index (κ3) is 3.78. The molecule has 0 spiro atoms. The summed E-state index contributed by atoms with van der Waals surface area (Å²) in [4.78, 5) is 0. The van der Waals surface area contributed by atoms with Crippen LogP contribution in [0.3, 0.4) is 0 Å². The molecule has 0 amide bonds. The van der Waals surface area contributed by atoms with Gasteiger partial charge >= 0.3 is 0 Å². The fourth-order valence-electron chi connectivity index (χ4n) is 3.34. The van der Waals surface area contributed by atoms with E-state index in [0.29, 0.717) is 6.54 Å². The Morgan fingerprint density at radius 2 is 1.82 bits per heavy atom. The third-order valence-corrected chi connectivity index (χ3v) is 5.74. The molecule has 0 saturated carbocycles. The molecule has 0 radical (unpaired) electrons. The van der Waals surface area contributed by atoms with Crippen LogP contribution in [0.1, 0.15) is 64.2 Å². The Labute approximate surface area is 167 Å². The Morgan fingerprint density at radius 3 is 2.50 bits per heavy atom. The van der Waals surface area contributed by atoms with Gasteiger partial charge in [0.2, 0.25) is 0 Å². The Hall–Kier alpha value is -2.34. The molecule has 152 valence electrons. The lowest BCUT2D eigenvalue weighted by atomic mass is 9.73. The molecule has 0 fully saturated rings. The summed E-state index contributed by atoms with van der Waals surface area (Å²) in [6.07, 6.45) is 0.145. The van der Waals surface area contributed by atoms with E-state index in [4.69, 9.17) is 4.74 Å². The molecule has 3 aromatic rings. The van der Waals surface area contributed by atoms with E-state index >= 15 is 0 Å². The van der Waals surface area contributed by atoms with E-state index in [2.05, 4.69) is 87.3 Å². The standard InChI is InChI=1S/C22H33N5O/c1-14(2)28-18-10-9-15(3)11-17(18)13-23-22(7,8)21(5,6)20-25-24-19-12-16(4)26-27(19)20/h9-12,14,23,26H,13H2,1-8H3. The number of aromatic amines is 1. The SMILES string of the molecule is Cc1ccc(OC(C)C)c(CNC(C)(C)C(C)(C)c2nnc3cc(C)[nH]n23)c1. The Kier molecular flexibility index (Phi) is 5.28. The zero-order valence-electron chi connectivity index (χ0n) is 18.3. The maximum Gasteiger partial charge on any atom is 0.177 e. The van der Waals surface area contributed by atoms with Crippen molar-refractivity contribution in [2.24, 2.45) is 0 Å². The van der Waals surface area contributed by atoms with Crippen molar-refractivity contribution in [1.29, 1.82) is 0 Å². The zero-order chi connectivity index (χ0) is 20.7. The van der Waals surface area contributed by atoms with Crippen molar-refractivity contribution in [3.8, 4) is 5.75 Å². The lowest BCUT2D eigenvalue weighted by molar-refractivity contribution is 0.216. The van der Waals surface area contributed by atoms with Gasteiger partial charge in [-0.3, -0.25) is 5.10 Å². The molecule has 0 unspecified atom stereocenters. The van der Waals surface area contributed by atoms with Gasteiger partial charge in [0.05, 0.1) is 6.10 Å². The van der Waals surface area contributed by atoms with Crippen molar-refractivity contribution in [1.82, 2.24) is 25.1 Å². The molecule has 0 bridgehead atoms. The molecule has 0 aliphatic carbocycles. The molecule has 0 saturated heterocycles. The summed E-state index contributed by atoms with van der Waals surface area (Å²) < 4.78 is 8.00. The first-order chi connectivity index (χ1) is 13.0. The van der Waals surface area contributed by atoms with Gasteiger partial charge in [-0.2, -0.15) is 0 Å². The molecule has 0 aliphatic rings. The van der Waals surface area contributed by atoms with Crippen LogP contribution in [0.25, 0.3) is 5.65 Å². The Morgan fingerprint density at radius 1 is 1.11 bits per heavy atom. The van der Waals surface area contributed by atoms with Crippen LogP contribution in [0.2, 0.25) is 0 Å². The average Bonchev–Trinajstić information content (AvgIpc) is 3.13. The fraction of sp³-hybridized carbons (Fsp3) is 0.545. The molecular weight excluding hydrogens is 350 g/mol. The molecule has 2 heterocycles. The van der Waals surface area contributed by atoms with Gasteiger partial charge in [0, 0.05) is 34.8 Å². The van der Waals surface area contributed by atoms with Crippen LogP contribution in [0.4, 0.5) is 0 Å². The fourth-order valence-corrected chi connectivity index (χ4v) is 3.34. The largest absolute Gasteiger partial charge is 0.491 e. The minimum atomic E-state index is -0.271. The van der Waals surface area contributed by atoms with Crippen molar-refractivity contribution < 1.29 is 4.74 Å². The topological polar surface area (TPSA) is 67.2 Å². The normalized spacial score (nSPS) is 12.9. The number of benzene rings is 1. The molecular formula is C22H33N5O. The van der Waals surface area contributed by atoms with E-state index in [9.17, 15) is 0 Å². The van der Waals surface area contributed by atoms with Gasteiger partial charge in [0.15, 0.2) is 11.5 Å². The molecule has 2 aromatic heterocycles. The highest BCUT2D eigenvalue weighted by Crippen LogP contribution is 2.34. The van der Waals surface area contributed by atoms with Crippen molar-refractivity contribution >= 4 is 5.65 Å². The highest BCUT2D eigenvalue weighted by Gasteiger charge is 2.42. The van der Waals surface area contributed by atoms with Crippen molar-refractivity contribution in [3.63, 3.8) is 0 Å². The second-order valence-corrected chi connectivity index (χ2v) is 9.04. The van der Waals surface area contributed by atoms with Crippen LogP contribution in [0.5, 0.6) is 5.75 Å². The minimum Gasteiger partial charge on any atom is -0.491 e. The third-order valence-electron chi connectivity index (χ3n) is 5.74. The number of fused-ring (bicyclic) bond motifs is 1. The summed E-state index contributed by atoms with van der Waals surface area (Å²) in [6, 6.07) is 8.36. The maximum absolute atomic E-state index is 6.01. The molecule has 6 heteroatoms. The first-order valence-corrected chi connectivity index (χ1v) is 9.94. The van der Waals surface area contributed by atoms with Crippen molar-refractivity contribution in [3.05, 3.63) is 46.9 Å². The molecule has 0 atom stereocenters. The van der Waals surface area contributed by atoms with Crippen LogP contribution in [-0.2, 0) is 12.0 Å². The maximum atomic E-state index is 6.01. The minimum absolute atomic E-state index is 0.145. The van der Waals surface area contributed by atoms with E-state index in [1.807, 2.05) is 17.5 Å². The lowest BCUT2D eigenvalue weighted by Gasteiger charge is -2.41. The van der Waals surface area contributed by atoms with Crippen molar-refractivity contribution in [2.75, 3.05) is 0 Å². The van der Waals surface area contributed by atoms with Gasteiger partial charge < -0.3 is 10.1 Å². The number of aromatic nitrogens is 4. The van der Waals surface area contributed by atoms with E-state index in [0.717, 1.165) is 22.9 Å². The number of hydrogen-bond donors (Lipinski definition) is 2.